The van der Waals surface area contributed by atoms with E-state index in [9.17, 15) is 18.0 Å². The fourth-order valence-corrected chi connectivity index (χ4v) is 3.45. The molecule has 0 atom stereocenters. The topological polar surface area (TPSA) is 67.4 Å². The number of fused-ring (bicyclic) bond motifs is 1. The highest BCUT2D eigenvalue weighted by Crippen LogP contribution is 2.35. The molecule has 32 heavy (non-hydrogen) atoms. The summed E-state index contributed by atoms with van der Waals surface area (Å²) >= 11 is 0. The smallest absolute Gasteiger partial charge is 0.378 e. The van der Waals surface area contributed by atoms with E-state index in [1.165, 1.54) is 24.4 Å². The summed E-state index contributed by atoms with van der Waals surface area (Å²) in [4.78, 5) is 22.7. The molecule has 0 radical (unpaired) electrons. The Bertz CT molecular complexity index is 1140. The molecule has 0 bridgehead atoms. The van der Waals surface area contributed by atoms with Gasteiger partial charge in [-0.3, -0.25) is 9.78 Å². The molecule has 2 aromatic carbocycles. The number of rotatable bonds is 5. The third-order valence-corrected chi connectivity index (χ3v) is 5.10. The first-order valence-electron chi connectivity index (χ1n) is 10.1. The number of para-hydroxylation sites is 2. The lowest BCUT2D eigenvalue weighted by atomic mass is 10.0. The minimum Gasteiger partial charge on any atom is -0.378 e. The molecule has 1 aliphatic rings. The van der Waals surface area contributed by atoms with Crippen molar-refractivity contribution in [1.29, 1.82) is 0 Å². The first-order valence-corrected chi connectivity index (χ1v) is 10.1. The second kappa shape index (κ2) is 9.35. The number of anilines is 1. The number of alkyl halides is 3. The number of aromatic nitrogens is 2. The number of halogens is 3. The largest absolute Gasteiger partial charge is 0.416 e. The number of hydrogen-bond acceptors (Lipinski definition) is 5. The molecule has 1 aromatic heterocycles. The Kier molecular flexibility index (Phi) is 6.36. The molecule has 2 heterocycles. The van der Waals surface area contributed by atoms with Crippen LogP contribution in [-0.2, 0) is 22.3 Å². The summed E-state index contributed by atoms with van der Waals surface area (Å²) < 4.78 is 46.2. The molecule has 1 N–H and O–H groups in total. The van der Waals surface area contributed by atoms with E-state index in [1.54, 1.807) is 12.1 Å². The maximum Gasteiger partial charge on any atom is 0.416 e. The third-order valence-electron chi connectivity index (χ3n) is 5.10. The Labute approximate surface area is 182 Å². The lowest BCUT2D eigenvalue weighted by Gasteiger charge is -2.29. The number of amides is 1. The van der Waals surface area contributed by atoms with E-state index in [2.05, 4.69) is 15.3 Å². The van der Waals surface area contributed by atoms with E-state index < -0.39 is 17.6 Å². The molecule has 0 saturated carbocycles. The number of morpholine rings is 1. The molecule has 0 aliphatic carbocycles. The lowest BCUT2D eigenvalue weighted by molar-refractivity contribution is -0.138. The molecule has 9 heteroatoms. The maximum atomic E-state index is 13.6. The average molecular weight is 442 g/mol. The first-order chi connectivity index (χ1) is 15.4. The molecule has 0 spiro atoms. The van der Waals surface area contributed by atoms with Crippen LogP contribution in [0.4, 0.5) is 18.9 Å². The molecule has 0 unspecified atom stereocenters. The van der Waals surface area contributed by atoms with Crippen molar-refractivity contribution in [3.8, 4) is 0 Å². The molecule has 1 saturated heterocycles. The van der Waals surface area contributed by atoms with Gasteiger partial charge in [0.1, 0.15) is 0 Å². The van der Waals surface area contributed by atoms with E-state index in [1.807, 2.05) is 23.1 Å². The highest BCUT2D eigenvalue weighted by molar-refractivity contribution is 5.91. The van der Waals surface area contributed by atoms with Crippen molar-refractivity contribution in [2.45, 2.75) is 12.7 Å². The minimum absolute atomic E-state index is 0.00163. The van der Waals surface area contributed by atoms with Gasteiger partial charge in [0.05, 0.1) is 41.7 Å². The molecule has 1 fully saturated rings. The molecule has 4 rings (SSSR count). The van der Waals surface area contributed by atoms with Crippen molar-refractivity contribution in [2.75, 3.05) is 31.2 Å². The Balaban J connectivity index is 1.44. The standard InChI is InChI=1S/C23H21F3N4O2/c24-23(25,26)19-13-18(30-9-11-32-12-10-30)7-5-16(19)14-28-22(31)8-6-17-15-27-20-3-1-2-4-21(20)29-17/h1-8,13,15H,9-12,14H2,(H,28,31)/b8-6+. The number of nitrogens with zero attached hydrogens (tertiary/aromatic N) is 3. The fourth-order valence-electron chi connectivity index (χ4n) is 3.45. The summed E-state index contributed by atoms with van der Waals surface area (Å²) in [5.74, 6) is -0.523. The Morgan fingerprint density at radius 1 is 1.12 bits per heavy atom. The van der Waals surface area contributed by atoms with Crippen LogP contribution in [0.25, 0.3) is 17.1 Å². The van der Waals surface area contributed by atoms with Gasteiger partial charge in [-0.25, -0.2) is 4.98 Å². The van der Waals surface area contributed by atoms with Crippen molar-refractivity contribution in [3.63, 3.8) is 0 Å². The third kappa shape index (κ3) is 5.23. The van der Waals surface area contributed by atoms with Crippen LogP contribution in [0.2, 0.25) is 0 Å². The van der Waals surface area contributed by atoms with E-state index in [0.29, 0.717) is 43.2 Å². The first kappa shape index (κ1) is 21.8. The number of hydrogen-bond donors (Lipinski definition) is 1. The summed E-state index contributed by atoms with van der Waals surface area (Å²) in [5, 5.41) is 2.51. The summed E-state index contributed by atoms with van der Waals surface area (Å²) in [6.45, 7) is 1.79. The van der Waals surface area contributed by atoms with Crippen molar-refractivity contribution < 1.29 is 22.7 Å². The quantitative estimate of drug-likeness (QED) is 0.609. The van der Waals surface area contributed by atoms with Gasteiger partial charge in [0.25, 0.3) is 0 Å². The monoisotopic (exact) mass is 442 g/mol. The SMILES string of the molecule is O=C(/C=C/c1cnc2ccccc2n1)NCc1ccc(N2CCOCC2)cc1C(F)(F)F. The molecule has 3 aromatic rings. The van der Waals surface area contributed by atoms with Crippen LogP contribution in [0.3, 0.4) is 0 Å². The molecular formula is C23H21F3N4O2. The van der Waals surface area contributed by atoms with Gasteiger partial charge in [0.2, 0.25) is 5.91 Å². The van der Waals surface area contributed by atoms with E-state index in [-0.39, 0.29) is 12.1 Å². The highest BCUT2D eigenvalue weighted by Gasteiger charge is 2.34. The van der Waals surface area contributed by atoms with Crippen molar-refractivity contribution in [1.82, 2.24) is 15.3 Å². The number of nitrogens with one attached hydrogen (secondary N) is 1. The number of carbonyl (C=O) groups excluding carboxylic acids is 1. The average Bonchev–Trinajstić information content (AvgIpc) is 2.81. The predicted octanol–water partition coefficient (Wildman–Crippen LogP) is 3.81. The van der Waals surface area contributed by atoms with Crippen LogP contribution in [0.5, 0.6) is 0 Å². The van der Waals surface area contributed by atoms with Crippen molar-refractivity contribution in [3.05, 3.63) is 71.6 Å². The second-order valence-electron chi connectivity index (χ2n) is 7.27. The molecular weight excluding hydrogens is 421 g/mol. The van der Waals surface area contributed by atoms with E-state index in [0.717, 1.165) is 11.6 Å². The fraction of sp³-hybridized carbons (Fsp3) is 0.261. The lowest BCUT2D eigenvalue weighted by Crippen LogP contribution is -2.36. The van der Waals surface area contributed by atoms with Crippen LogP contribution in [0.15, 0.2) is 54.7 Å². The molecule has 166 valence electrons. The predicted molar refractivity (Wildman–Crippen MR) is 115 cm³/mol. The molecule has 1 aliphatic heterocycles. The maximum absolute atomic E-state index is 13.6. The summed E-state index contributed by atoms with van der Waals surface area (Å²) in [6.07, 6.45) is -0.299. The Hall–Kier alpha value is -3.46. The number of benzene rings is 2. The van der Waals surface area contributed by atoms with Gasteiger partial charge in [0.15, 0.2) is 0 Å². The van der Waals surface area contributed by atoms with E-state index >= 15 is 0 Å². The second-order valence-corrected chi connectivity index (χ2v) is 7.27. The summed E-state index contributed by atoms with van der Waals surface area (Å²) in [5.41, 5.74) is 1.63. The van der Waals surface area contributed by atoms with Crippen LogP contribution in [-0.4, -0.2) is 42.2 Å². The van der Waals surface area contributed by atoms with Crippen LogP contribution in [0, 0.1) is 0 Å². The van der Waals surface area contributed by atoms with Crippen LogP contribution < -0.4 is 10.2 Å². The zero-order valence-electron chi connectivity index (χ0n) is 17.1. The number of carbonyl (C=O) groups is 1. The Morgan fingerprint density at radius 3 is 2.62 bits per heavy atom. The number of ether oxygens (including phenoxy) is 1. The normalized spacial score (nSPS) is 14.8. The van der Waals surface area contributed by atoms with Gasteiger partial charge < -0.3 is 15.0 Å². The van der Waals surface area contributed by atoms with Crippen molar-refractivity contribution in [2.24, 2.45) is 0 Å². The minimum atomic E-state index is -4.53. The van der Waals surface area contributed by atoms with Gasteiger partial charge in [-0.05, 0) is 35.9 Å². The van der Waals surface area contributed by atoms with Crippen LogP contribution in [0.1, 0.15) is 16.8 Å². The van der Waals surface area contributed by atoms with E-state index in [4.69, 9.17) is 4.74 Å². The van der Waals surface area contributed by atoms with Gasteiger partial charge in [-0.15, -0.1) is 0 Å². The molecule has 6 nitrogen and oxygen atoms in total. The van der Waals surface area contributed by atoms with Gasteiger partial charge >= 0.3 is 6.18 Å². The van der Waals surface area contributed by atoms with Gasteiger partial charge in [0, 0.05) is 31.4 Å². The summed E-state index contributed by atoms with van der Waals surface area (Å²) in [6, 6.07) is 11.5. The van der Waals surface area contributed by atoms with Gasteiger partial charge in [-0.1, -0.05) is 18.2 Å². The zero-order chi connectivity index (χ0) is 22.6. The van der Waals surface area contributed by atoms with Crippen LogP contribution >= 0.6 is 0 Å². The molecule has 1 amide bonds. The zero-order valence-corrected chi connectivity index (χ0v) is 17.1. The highest BCUT2D eigenvalue weighted by atomic mass is 19.4. The summed E-state index contributed by atoms with van der Waals surface area (Å²) in [7, 11) is 0. The van der Waals surface area contributed by atoms with Gasteiger partial charge in [-0.2, -0.15) is 13.2 Å². The van der Waals surface area contributed by atoms with Crippen molar-refractivity contribution >= 4 is 28.7 Å². The Morgan fingerprint density at radius 2 is 1.88 bits per heavy atom.